The molecule has 0 aromatic heterocycles. The molecule has 1 aliphatic heterocycles. The summed E-state index contributed by atoms with van der Waals surface area (Å²) in [4.78, 5) is 15.2. The van der Waals surface area contributed by atoms with Crippen LogP contribution in [0.2, 0.25) is 0 Å². The molecule has 0 spiro atoms. The largest absolute Gasteiger partial charge is 0.393 e. The summed E-state index contributed by atoms with van der Waals surface area (Å²) in [6.45, 7) is 6.11. The van der Waals surface area contributed by atoms with Crippen LogP contribution in [0.3, 0.4) is 0 Å². The zero-order valence-electron chi connectivity index (χ0n) is 11.4. The molecule has 2 N–H and O–H groups in total. The van der Waals surface area contributed by atoms with Gasteiger partial charge in [0.25, 0.3) is 0 Å². The first kappa shape index (κ1) is 13.8. The Hall–Kier alpha value is -0.640. The molecule has 0 aromatic rings. The van der Waals surface area contributed by atoms with Crippen LogP contribution in [0.1, 0.15) is 46.0 Å². The van der Waals surface area contributed by atoms with Gasteiger partial charge in [0.2, 0.25) is 5.91 Å². The molecule has 1 amide bonds. The summed E-state index contributed by atoms with van der Waals surface area (Å²) in [6.07, 6.45) is 5.29. The number of nitrogens with zero attached hydrogens (tertiary/aromatic N) is 1. The van der Waals surface area contributed by atoms with Gasteiger partial charge in [-0.05, 0) is 31.1 Å². The standard InChI is InChI=1S/C14H24N2OS/c1-14(2)7-3-4-11(14)13(17)16-8-5-10(6-9-16)12(15)18/h10-11H,3-9H2,1-2H3,(H2,15,18). The Morgan fingerprint density at radius 2 is 1.89 bits per heavy atom. The van der Waals surface area contributed by atoms with Crippen LogP contribution in [0.5, 0.6) is 0 Å². The molecular weight excluding hydrogens is 244 g/mol. The van der Waals surface area contributed by atoms with E-state index in [0.717, 1.165) is 32.4 Å². The second-order valence-electron chi connectivity index (χ2n) is 6.44. The zero-order chi connectivity index (χ0) is 13.3. The number of rotatable bonds is 2. The van der Waals surface area contributed by atoms with Gasteiger partial charge >= 0.3 is 0 Å². The van der Waals surface area contributed by atoms with E-state index in [4.69, 9.17) is 18.0 Å². The topological polar surface area (TPSA) is 46.3 Å². The summed E-state index contributed by atoms with van der Waals surface area (Å²) in [5.74, 6) is 0.915. The summed E-state index contributed by atoms with van der Waals surface area (Å²) < 4.78 is 0. The SMILES string of the molecule is CC1(C)CCCC1C(=O)N1CCC(C(N)=S)CC1. The normalized spacial score (nSPS) is 28.3. The highest BCUT2D eigenvalue weighted by molar-refractivity contribution is 7.80. The number of hydrogen-bond acceptors (Lipinski definition) is 2. The van der Waals surface area contributed by atoms with E-state index in [9.17, 15) is 4.79 Å². The summed E-state index contributed by atoms with van der Waals surface area (Å²) in [7, 11) is 0. The number of likely N-dealkylation sites (tertiary alicyclic amines) is 1. The van der Waals surface area contributed by atoms with Gasteiger partial charge in [-0.2, -0.15) is 0 Å². The van der Waals surface area contributed by atoms with E-state index in [1.54, 1.807) is 0 Å². The summed E-state index contributed by atoms with van der Waals surface area (Å²) in [5, 5.41) is 0. The molecule has 3 nitrogen and oxygen atoms in total. The average Bonchev–Trinajstić information content (AvgIpc) is 2.68. The number of carbonyl (C=O) groups is 1. The maximum atomic E-state index is 12.6. The van der Waals surface area contributed by atoms with Gasteiger partial charge in [0.1, 0.15) is 0 Å². The van der Waals surface area contributed by atoms with Gasteiger partial charge in [-0.25, -0.2) is 0 Å². The first-order valence-corrected chi connectivity index (χ1v) is 7.41. The number of carbonyl (C=O) groups excluding carboxylic acids is 1. The molecule has 1 aliphatic carbocycles. The molecule has 1 unspecified atom stereocenters. The highest BCUT2D eigenvalue weighted by atomic mass is 32.1. The quantitative estimate of drug-likeness (QED) is 0.782. The molecular formula is C14H24N2OS. The Balaban J connectivity index is 1.94. The fraction of sp³-hybridized carbons (Fsp3) is 0.857. The molecule has 0 bridgehead atoms. The second-order valence-corrected chi connectivity index (χ2v) is 6.91. The first-order chi connectivity index (χ1) is 8.42. The number of nitrogens with two attached hydrogens (primary N) is 1. The van der Waals surface area contributed by atoms with E-state index in [1.807, 2.05) is 4.90 Å². The minimum atomic E-state index is 0.178. The monoisotopic (exact) mass is 268 g/mol. The van der Waals surface area contributed by atoms with Crippen molar-refractivity contribution in [2.75, 3.05) is 13.1 Å². The Kier molecular flexibility index (Phi) is 3.95. The van der Waals surface area contributed by atoms with Gasteiger partial charge in [-0.3, -0.25) is 4.79 Å². The van der Waals surface area contributed by atoms with Crippen molar-refractivity contribution in [3.63, 3.8) is 0 Å². The van der Waals surface area contributed by atoms with Gasteiger partial charge in [0, 0.05) is 24.9 Å². The van der Waals surface area contributed by atoms with Crippen LogP contribution in [0.4, 0.5) is 0 Å². The van der Waals surface area contributed by atoms with E-state index in [2.05, 4.69) is 13.8 Å². The molecule has 18 heavy (non-hydrogen) atoms. The Morgan fingerprint density at radius 1 is 1.28 bits per heavy atom. The third-order valence-corrected chi connectivity index (χ3v) is 5.10. The molecule has 1 saturated carbocycles. The number of thiocarbonyl (C=S) groups is 1. The van der Waals surface area contributed by atoms with Gasteiger partial charge in [-0.1, -0.05) is 32.5 Å². The van der Waals surface area contributed by atoms with Crippen LogP contribution in [0.25, 0.3) is 0 Å². The van der Waals surface area contributed by atoms with Crippen molar-refractivity contribution in [2.45, 2.75) is 46.0 Å². The molecule has 2 aliphatic rings. The molecule has 2 fully saturated rings. The van der Waals surface area contributed by atoms with Crippen LogP contribution in [-0.4, -0.2) is 28.9 Å². The first-order valence-electron chi connectivity index (χ1n) is 7.00. The van der Waals surface area contributed by atoms with Crippen molar-refractivity contribution >= 4 is 23.1 Å². The van der Waals surface area contributed by atoms with Crippen molar-refractivity contribution in [3.8, 4) is 0 Å². The summed E-state index contributed by atoms with van der Waals surface area (Å²) >= 11 is 5.04. The van der Waals surface area contributed by atoms with E-state index in [-0.39, 0.29) is 11.3 Å². The van der Waals surface area contributed by atoms with E-state index in [1.165, 1.54) is 12.8 Å². The van der Waals surface area contributed by atoms with Crippen LogP contribution >= 0.6 is 12.2 Å². The maximum absolute atomic E-state index is 12.6. The van der Waals surface area contributed by atoms with Crippen LogP contribution in [0.15, 0.2) is 0 Å². The van der Waals surface area contributed by atoms with E-state index in [0.29, 0.717) is 16.8 Å². The van der Waals surface area contributed by atoms with Crippen LogP contribution in [-0.2, 0) is 4.79 Å². The smallest absolute Gasteiger partial charge is 0.226 e. The van der Waals surface area contributed by atoms with E-state index >= 15 is 0 Å². The minimum absolute atomic E-state index is 0.178. The Morgan fingerprint density at radius 3 is 2.33 bits per heavy atom. The number of hydrogen-bond donors (Lipinski definition) is 1. The van der Waals surface area contributed by atoms with Crippen LogP contribution in [0, 0.1) is 17.3 Å². The lowest BCUT2D eigenvalue weighted by molar-refractivity contribution is -0.139. The van der Waals surface area contributed by atoms with Gasteiger partial charge in [0.15, 0.2) is 0 Å². The molecule has 102 valence electrons. The minimum Gasteiger partial charge on any atom is -0.393 e. The lowest BCUT2D eigenvalue weighted by Crippen LogP contribution is -2.45. The molecule has 1 saturated heterocycles. The number of amides is 1. The molecule has 0 radical (unpaired) electrons. The molecule has 2 rings (SSSR count). The summed E-state index contributed by atoms with van der Waals surface area (Å²) in [5.41, 5.74) is 5.86. The fourth-order valence-electron chi connectivity index (χ4n) is 3.39. The summed E-state index contributed by atoms with van der Waals surface area (Å²) in [6, 6.07) is 0. The predicted molar refractivity (Wildman–Crippen MR) is 77.2 cm³/mol. The van der Waals surface area contributed by atoms with Crippen LogP contribution < -0.4 is 5.73 Å². The van der Waals surface area contributed by atoms with Crippen molar-refractivity contribution in [1.82, 2.24) is 4.90 Å². The van der Waals surface area contributed by atoms with Crippen molar-refractivity contribution in [2.24, 2.45) is 23.0 Å². The second kappa shape index (κ2) is 5.16. The predicted octanol–water partition coefficient (Wildman–Crippen LogP) is 2.34. The average molecular weight is 268 g/mol. The lowest BCUT2D eigenvalue weighted by atomic mass is 9.80. The van der Waals surface area contributed by atoms with Crippen molar-refractivity contribution < 1.29 is 4.79 Å². The highest BCUT2D eigenvalue weighted by Crippen LogP contribution is 2.43. The third-order valence-electron chi connectivity index (χ3n) is 4.76. The third kappa shape index (κ3) is 2.68. The Labute approximate surface area is 115 Å². The maximum Gasteiger partial charge on any atom is 0.226 e. The van der Waals surface area contributed by atoms with Gasteiger partial charge in [0.05, 0.1) is 4.99 Å². The highest BCUT2D eigenvalue weighted by Gasteiger charge is 2.41. The molecule has 1 heterocycles. The van der Waals surface area contributed by atoms with E-state index < -0.39 is 0 Å². The van der Waals surface area contributed by atoms with Crippen molar-refractivity contribution in [1.29, 1.82) is 0 Å². The number of piperidine rings is 1. The zero-order valence-corrected chi connectivity index (χ0v) is 12.3. The van der Waals surface area contributed by atoms with Crippen molar-refractivity contribution in [3.05, 3.63) is 0 Å². The Bertz CT molecular complexity index is 346. The fourth-order valence-corrected chi connectivity index (χ4v) is 3.62. The molecule has 1 atom stereocenters. The molecule has 0 aromatic carbocycles. The lowest BCUT2D eigenvalue weighted by Gasteiger charge is -2.36. The van der Waals surface area contributed by atoms with Gasteiger partial charge < -0.3 is 10.6 Å². The van der Waals surface area contributed by atoms with Gasteiger partial charge in [-0.15, -0.1) is 0 Å². The molecule has 4 heteroatoms.